The van der Waals surface area contributed by atoms with Crippen LogP contribution in [0.25, 0.3) is 22.5 Å². The molecule has 6 rings (SSSR count). The number of aromatic nitrogens is 4. The molecule has 1 aliphatic heterocycles. The zero-order valence-electron chi connectivity index (χ0n) is 37.4. The van der Waals surface area contributed by atoms with Gasteiger partial charge < -0.3 is 35.6 Å². The molecule has 3 aromatic carbocycles. The second kappa shape index (κ2) is 20.2. The first-order valence-corrected chi connectivity index (χ1v) is 21.8. The molecule has 2 fully saturated rings. The number of anilines is 1. The molecule has 16 heteroatoms. The highest BCUT2D eigenvalue weighted by Gasteiger charge is 2.31. The van der Waals surface area contributed by atoms with E-state index >= 15 is 0 Å². The van der Waals surface area contributed by atoms with E-state index in [0.717, 1.165) is 40.7 Å². The largest absolute Gasteiger partial charge is 0.444 e. The van der Waals surface area contributed by atoms with E-state index in [1.54, 1.807) is 29.2 Å². The second-order valence-corrected chi connectivity index (χ2v) is 18.7. The molecular formula is C47H61N9O7. The van der Waals surface area contributed by atoms with Gasteiger partial charge in [0.05, 0.1) is 0 Å². The molecule has 1 saturated heterocycles. The van der Waals surface area contributed by atoms with E-state index in [9.17, 15) is 24.0 Å². The third-order valence-electron chi connectivity index (χ3n) is 11.1. The van der Waals surface area contributed by atoms with Gasteiger partial charge >= 0.3 is 12.2 Å². The number of carbonyl (C=O) groups is 5. The van der Waals surface area contributed by atoms with E-state index in [0.29, 0.717) is 62.4 Å². The first-order valence-electron chi connectivity index (χ1n) is 21.8. The van der Waals surface area contributed by atoms with Crippen molar-refractivity contribution in [1.82, 2.24) is 41.5 Å². The number of likely N-dealkylation sites (tertiary alicyclic amines) is 1. The maximum atomic E-state index is 13.9. The number of ether oxygens (including phenoxy) is 2. The number of aryl methyl sites for hydroxylation is 1. The van der Waals surface area contributed by atoms with Gasteiger partial charge in [0.25, 0.3) is 5.91 Å². The number of aromatic amines is 1. The lowest BCUT2D eigenvalue weighted by atomic mass is 9.81. The first-order chi connectivity index (χ1) is 29.9. The summed E-state index contributed by atoms with van der Waals surface area (Å²) in [5.41, 5.74) is 4.20. The van der Waals surface area contributed by atoms with Gasteiger partial charge in [0.1, 0.15) is 17.2 Å². The molecule has 0 bridgehead atoms. The van der Waals surface area contributed by atoms with E-state index < -0.39 is 23.3 Å². The van der Waals surface area contributed by atoms with E-state index in [-0.39, 0.29) is 48.1 Å². The van der Waals surface area contributed by atoms with E-state index in [1.165, 1.54) is 0 Å². The van der Waals surface area contributed by atoms with Crippen molar-refractivity contribution in [2.45, 2.75) is 117 Å². The topological polar surface area (TPSA) is 210 Å². The van der Waals surface area contributed by atoms with Crippen molar-refractivity contribution in [3.8, 4) is 22.5 Å². The molecular weight excluding hydrogens is 803 g/mol. The number of alkyl carbamates (subject to hydrolysis) is 1. The number of amides is 5. The van der Waals surface area contributed by atoms with Crippen LogP contribution in [0.3, 0.4) is 0 Å². The Labute approximate surface area is 369 Å². The van der Waals surface area contributed by atoms with E-state index in [1.807, 2.05) is 90.9 Å². The molecule has 0 spiro atoms. The molecule has 2 aliphatic rings. The van der Waals surface area contributed by atoms with Gasteiger partial charge in [-0.1, -0.05) is 30.3 Å². The average Bonchev–Trinajstić information content (AvgIpc) is 3.78. The monoisotopic (exact) mass is 863 g/mol. The van der Waals surface area contributed by atoms with Gasteiger partial charge in [-0.25, -0.2) is 9.59 Å². The van der Waals surface area contributed by atoms with Crippen molar-refractivity contribution < 1.29 is 33.4 Å². The summed E-state index contributed by atoms with van der Waals surface area (Å²) in [5.74, 6) is -0.336. The smallest absolute Gasteiger partial charge is 0.410 e. The minimum absolute atomic E-state index is 0.0655. The third-order valence-corrected chi connectivity index (χ3v) is 11.1. The molecule has 5 N–H and O–H groups in total. The zero-order valence-corrected chi connectivity index (χ0v) is 37.4. The highest BCUT2D eigenvalue weighted by molar-refractivity contribution is 5.98. The fourth-order valence-electron chi connectivity index (χ4n) is 7.84. The predicted molar refractivity (Wildman–Crippen MR) is 238 cm³/mol. The van der Waals surface area contributed by atoms with Crippen LogP contribution in [0.2, 0.25) is 0 Å². The Morgan fingerprint density at radius 3 is 2.06 bits per heavy atom. The Kier molecular flexibility index (Phi) is 14.8. The fraction of sp³-hybridized carbons (Fsp3) is 0.489. The van der Waals surface area contributed by atoms with Crippen molar-refractivity contribution in [3.63, 3.8) is 0 Å². The molecule has 2 heterocycles. The molecule has 63 heavy (non-hydrogen) atoms. The van der Waals surface area contributed by atoms with Crippen molar-refractivity contribution in [1.29, 1.82) is 0 Å². The van der Waals surface area contributed by atoms with Crippen molar-refractivity contribution in [2.75, 3.05) is 25.0 Å². The van der Waals surface area contributed by atoms with Gasteiger partial charge in [-0.2, -0.15) is 5.21 Å². The van der Waals surface area contributed by atoms with E-state index in [4.69, 9.17) is 9.47 Å². The predicted octanol–water partition coefficient (Wildman–Crippen LogP) is 6.97. The molecule has 1 aromatic heterocycles. The van der Waals surface area contributed by atoms with Crippen LogP contribution < -0.4 is 21.3 Å². The van der Waals surface area contributed by atoms with E-state index in [2.05, 4.69) is 41.9 Å². The van der Waals surface area contributed by atoms with Crippen molar-refractivity contribution in [3.05, 3.63) is 83.4 Å². The Morgan fingerprint density at radius 2 is 1.44 bits per heavy atom. The van der Waals surface area contributed by atoms with Crippen LogP contribution in [0.1, 0.15) is 102 Å². The number of tetrazole rings is 1. The van der Waals surface area contributed by atoms with Crippen LogP contribution >= 0.6 is 0 Å². The summed E-state index contributed by atoms with van der Waals surface area (Å²) in [5, 5.41) is 26.1. The van der Waals surface area contributed by atoms with Crippen molar-refractivity contribution >= 4 is 35.6 Å². The number of hydrogen-bond donors (Lipinski definition) is 5. The highest BCUT2D eigenvalue weighted by Crippen LogP contribution is 2.30. The van der Waals surface area contributed by atoms with Gasteiger partial charge in [0.2, 0.25) is 17.6 Å². The second-order valence-electron chi connectivity index (χ2n) is 18.7. The lowest BCUT2D eigenvalue weighted by Crippen LogP contribution is -2.48. The molecule has 0 radical (unpaired) electrons. The van der Waals surface area contributed by atoms with Crippen LogP contribution in [0, 0.1) is 18.8 Å². The SMILES string of the molecule is Cc1cc(C(=O)NC2CCN(C(=O)OC(C)(C)C)CC2)cc(-c2ccc(C[C@H](NC(=O)C3CCC(CNC(=O)OC(C)(C)C)CC3)C(=O)Nc3ccc(-c4nn[nH]n4)cc3)cc2)c1. The summed E-state index contributed by atoms with van der Waals surface area (Å²) < 4.78 is 10.9. The normalized spacial score (nSPS) is 17.5. The van der Waals surface area contributed by atoms with Crippen molar-refractivity contribution in [2.24, 2.45) is 11.8 Å². The number of hydrogen-bond acceptors (Lipinski definition) is 10. The molecule has 336 valence electrons. The van der Waals surface area contributed by atoms with Crippen LogP contribution in [0.5, 0.6) is 0 Å². The highest BCUT2D eigenvalue weighted by atomic mass is 16.6. The number of benzene rings is 3. The maximum Gasteiger partial charge on any atom is 0.410 e. The van der Waals surface area contributed by atoms with Gasteiger partial charge in [-0.05, 0) is 157 Å². The summed E-state index contributed by atoms with van der Waals surface area (Å²) in [6, 6.07) is 19.6. The average molecular weight is 864 g/mol. The van der Waals surface area contributed by atoms with Gasteiger partial charge in [0, 0.05) is 54.8 Å². The quantitative estimate of drug-likeness (QED) is 0.0988. The van der Waals surface area contributed by atoms with Crippen LogP contribution in [-0.4, -0.2) is 98.4 Å². The molecule has 0 unspecified atom stereocenters. The number of nitrogens with one attached hydrogen (secondary N) is 5. The van der Waals surface area contributed by atoms with Gasteiger partial charge in [-0.3, -0.25) is 14.4 Å². The fourth-order valence-corrected chi connectivity index (χ4v) is 7.84. The lowest BCUT2D eigenvalue weighted by Gasteiger charge is -2.33. The molecule has 1 saturated carbocycles. The Hall–Kier alpha value is -6.32. The lowest BCUT2D eigenvalue weighted by molar-refractivity contribution is -0.130. The molecule has 4 aromatic rings. The summed E-state index contributed by atoms with van der Waals surface area (Å²) in [4.78, 5) is 67.6. The number of H-pyrrole nitrogens is 1. The Morgan fingerprint density at radius 1 is 0.794 bits per heavy atom. The zero-order chi connectivity index (χ0) is 45.3. The molecule has 16 nitrogen and oxygen atoms in total. The first kappa shape index (κ1) is 46.2. The minimum Gasteiger partial charge on any atom is -0.444 e. The van der Waals surface area contributed by atoms with Crippen LogP contribution in [-0.2, 0) is 25.5 Å². The maximum absolute atomic E-state index is 13.9. The van der Waals surface area contributed by atoms with Crippen LogP contribution in [0.4, 0.5) is 15.3 Å². The van der Waals surface area contributed by atoms with Crippen LogP contribution in [0.15, 0.2) is 66.7 Å². The Balaban J connectivity index is 1.09. The molecule has 1 atom stereocenters. The number of piperidine rings is 1. The summed E-state index contributed by atoms with van der Waals surface area (Å²) in [6.45, 7) is 14.4. The number of nitrogens with zero attached hydrogens (tertiary/aromatic N) is 4. The molecule has 1 aliphatic carbocycles. The van der Waals surface area contributed by atoms with Gasteiger partial charge in [0.15, 0.2) is 0 Å². The summed E-state index contributed by atoms with van der Waals surface area (Å²) in [7, 11) is 0. The Bertz CT molecular complexity index is 2200. The molecule has 5 amide bonds. The third kappa shape index (κ3) is 13.8. The summed E-state index contributed by atoms with van der Waals surface area (Å²) >= 11 is 0. The minimum atomic E-state index is -0.878. The standard InChI is InChI=1S/C47H61N9O7/c1-29-24-35(27-36(25-29)42(58)49-38-20-22-56(23-21-38)45(61)63-47(5,6)7)32-12-8-30(9-13-32)26-39(43(59)50-37-18-16-33(17-19-37)40-52-54-55-53-40)51-41(57)34-14-10-31(11-15-34)28-48-44(60)62-46(2,3)4/h8-9,12-13,16-19,24-25,27,31,34,38-39H,10-11,14-15,20-23,26,28H2,1-7H3,(H,48,60)(H,49,58)(H,50,59)(H,51,57)(H,52,53,54,55)/t31?,34?,39-/m0/s1. The van der Waals surface area contributed by atoms with Gasteiger partial charge in [-0.15, -0.1) is 10.2 Å². The summed E-state index contributed by atoms with van der Waals surface area (Å²) in [6.07, 6.45) is 3.51. The number of carbonyl (C=O) groups excluding carboxylic acids is 5. The number of rotatable bonds is 12.